The molecular formula is C42H75NO10P+. The van der Waals surface area contributed by atoms with Gasteiger partial charge in [0, 0.05) is 12.8 Å². The lowest BCUT2D eigenvalue weighted by molar-refractivity contribution is -0.870. The molecule has 0 fully saturated rings. The number of hydrogen-bond donors (Lipinski definition) is 3. The Kier molecular flexibility index (Phi) is 32.4. The zero-order chi connectivity index (χ0) is 40.3. The van der Waals surface area contributed by atoms with Crippen LogP contribution in [0.5, 0.6) is 0 Å². The first kappa shape index (κ1) is 51.6. The number of aliphatic hydroxyl groups is 2. The minimum Gasteiger partial charge on any atom is -0.462 e. The largest absolute Gasteiger partial charge is 0.472 e. The highest BCUT2D eigenvalue weighted by Gasteiger charge is 2.27. The van der Waals surface area contributed by atoms with Gasteiger partial charge in [-0.25, -0.2) is 4.57 Å². The summed E-state index contributed by atoms with van der Waals surface area (Å²) in [7, 11) is 1.32. The van der Waals surface area contributed by atoms with Gasteiger partial charge in [-0.3, -0.25) is 18.6 Å². The molecule has 0 rings (SSSR count). The van der Waals surface area contributed by atoms with Crippen LogP contribution in [0.3, 0.4) is 0 Å². The Morgan fingerprint density at radius 3 is 1.91 bits per heavy atom. The van der Waals surface area contributed by atoms with Gasteiger partial charge >= 0.3 is 19.8 Å². The van der Waals surface area contributed by atoms with Crippen molar-refractivity contribution < 1.29 is 52.3 Å². The summed E-state index contributed by atoms with van der Waals surface area (Å²) in [5.74, 6) is -1.06. The summed E-state index contributed by atoms with van der Waals surface area (Å²) in [5.41, 5.74) is 0. The number of unbranched alkanes of at least 4 members (excludes halogenated alkanes) is 10. The number of carbonyl (C=O) groups excluding carboxylic acids is 2. The standard InChI is InChI=1S/C42H74NO10P/c1-6-8-10-12-14-15-16-17-18-20-26-32-42(47)53-40(37-52-54(48,49)51-35-34-43(3,4)5)36-50-41(46)33-27-31-39(45)30-25-22-21-24-29-38(44)28-23-19-13-11-9-7-2/h12,14,19,21-25,29-30,38-40,44-45H,6-11,13,15-18,20,26-28,31-37H2,1-5H3/p+1/b14-12-,22-21+,23-19-,29-24+,30-25-/t38-,39-,40-/m1/s1. The van der Waals surface area contributed by atoms with Crippen LogP contribution in [-0.4, -0.2) is 97.3 Å². The highest BCUT2D eigenvalue weighted by molar-refractivity contribution is 7.47. The monoisotopic (exact) mass is 785 g/mol. The lowest BCUT2D eigenvalue weighted by atomic mass is 10.1. The summed E-state index contributed by atoms with van der Waals surface area (Å²) in [5, 5.41) is 20.3. The molecule has 1 unspecified atom stereocenters. The number of allylic oxidation sites excluding steroid dienone is 7. The number of aliphatic hydroxyl groups excluding tert-OH is 2. The Bertz CT molecular complexity index is 1140. The van der Waals surface area contributed by atoms with Gasteiger partial charge in [0.25, 0.3) is 0 Å². The van der Waals surface area contributed by atoms with Crippen LogP contribution in [0.15, 0.2) is 60.8 Å². The fourth-order valence-corrected chi connectivity index (χ4v) is 5.63. The molecule has 0 aromatic rings. The zero-order valence-electron chi connectivity index (χ0n) is 34.2. The molecule has 0 heterocycles. The van der Waals surface area contributed by atoms with Crippen LogP contribution in [0, 0.1) is 0 Å². The van der Waals surface area contributed by atoms with E-state index in [0.29, 0.717) is 36.7 Å². The molecule has 3 N–H and O–H groups in total. The maximum absolute atomic E-state index is 12.6. The third-order valence-corrected chi connectivity index (χ3v) is 9.19. The topological polar surface area (TPSA) is 149 Å². The van der Waals surface area contributed by atoms with E-state index in [1.807, 2.05) is 27.2 Å². The van der Waals surface area contributed by atoms with E-state index in [-0.39, 0.29) is 26.1 Å². The van der Waals surface area contributed by atoms with Crippen molar-refractivity contribution in [2.45, 2.75) is 148 Å². The summed E-state index contributed by atoms with van der Waals surface area (Å²) < 4.78 is 33.9. The molecule has 54 heavy (non-hydrogen) atoms. The van der Waals surface area contributed by atoms with Crippen LogP contribution in [0.1, 0.15) is 129 Å². The van der Waals surface area contributed by atoms with Crippen molar-refractivity contribution in [3.63, 3.8) is 0 Å². The summed E-state index contributed by atoms with van der Waals surface area (Å²) in [6.07, 6.45) is 31.9. The number of ether oxygens (including phenoxy) is 2. The molecule has 0 saturated carbocycles. The summed E-state index contributed by atoms with van der Waals surface area (Å²) in [6.45, 7) is 3.99. The van der Waals surface area contributed by atoms with E-state index in [1.54, 1.807) is 36.5 Å². The highest BCUT2D eigenvalue weighted by atomic mass is 31.2. The number of phosphoric acid groups is 1. The van der Waals surface area contributed by atoms with Crippen molar-refractivity contribution in [3.05, 3.63) is 60.8 Å². The van der Waals surface area contributed by atoms with Gasteiger partial charge in [-0.15, -0.1) is 0 Å². The molecule has 0 aromatic heterocycles. The summed E-state index contributed by atoms with van der Waals surface area (Å²) >= 11 is 0. The zero-order valence-corrected chi connectivity index (χ0v) is 35.1. The van der Waals surface area contributed by atoms with E-state index in [9.17, 15) is 29.3 Å². The number of rotatable bonds is 35. The van der Waals surface area contributed by atoms with Gasteiger partial charge in [0.15, 0.2) is 6.10 Å². The smallest absolute Gasteiger partial charge is 0.462 e. The molecule has 4 atom stereocenters. The molecular weight excluding hydrogens is 709 g/mol. The fraction of sp³-hybridized carbons (Fsp3) is 0.714. The predicted octanol–water partition coefficient (Wildman–Crippen LogP) is 8.85. The van der Waals surface area contributed by atoms with Gasteiger partial charge in [-0.1, -0.05) is 120 Å². The van der Waals surface area contributed by atoms with Crippen LogP contribution in [0.25, 0.3) is 0 Å². The molecule has 11 nitrogen and oxygen atoms in total. The average Bonchev–Trinajstić information content (AvgIpc) is 3.10. The van der Waals surface area contributed by atoms with Gasteiger partial charge in [-0.2, -0.15) is 0 Å². The van der Waals surface area contributed by atoms with E-state index in [4.69, 9.17) is 18.5 Å². The third-order valence-electron chi connectivity index (χ3n) is 8.21. The number of hydrogen-bond acceptors (Lipinski definition) is 9. The van der Waals surface area contributed by atoms with E-state index in [2.05, 4.69) is 32.1 Å². The molecule has 0 radical (unpaired) electrons. The fourth-order valence-electron chi connectivity index (χ4n) is 4.89. The maximum atomic E-state index is 12.6. The Hall–Kier alpha value is -2.37. The quantitative estimate of drug-likeness (QED) is 0.0142. The Morgan fingerprint density at radius 1 is 0.667 bits per heavy atom. The first-order valence-corrected chi connectivity index (χ1v) is 21.7. The van der Waals surface area contributed by atoms with Crippen molar-refractivity contribution in [1.82, 2.24) is 0 Å². The minimum absolute atomic E-state index is 0.0122. The lowest BCUT2D eigenvalue weighted by Crippen LogP contribution is -2.37. The first-order chi connectivity index (χ1) is 25.8. The Balaban J connectivity index is 4.69. The van der Waals surface area contributed by atoms with Gasteiger partial charge < -0.3 is 29.1 Å². The Morgan fingerprint density at radius 2 is 1.24 bits per heavy atom. The van der Waals surface area contributed by atoms with Crippen molar-refractivity contribution in [2.24, 2.45) is 0 Å². The number of phosphoric ester groups is 1. The number of quaternary nitrogens is 1. The van der Waals surface area contributed by atoms with Gasteiger partial charge in [0.2, 0.25) is 0 Å². The third kappa shape index (κ3) is 36.6. The molecule has 0 aliphatic heterocycles. The van der Waals surface area contributed by atoms with E-state index >= 15 is 0 Å². The summed E-state index contributed by atoms with van der Waals surface area (Å²) in [4.78, 5) is 35.2. The molecule has 0 aliphatic carbocycles. The molecule has 0 aliphatic rings. The van der Waals surface area contributed by atoms with Crippen molar-refractivity contribution in [3.8, 4) is 0 Å². The number of nitrogens with zero attached hydrogens (tertiary/aromatic N) is 1. The second kappa shape index (κ2) is 33.9. The molecule has 0 amide bonds. The van der Waals surface area contributed by atoms with Crippen molar-refractivity contribution in [1.29, 1.82) is 0 Å². The molecule has 312 valence electrons. The van der Waals surface area contributed by atoms with E-state index < -0.39 is 44.7 Å². The van der Waals surface area contributed by atoms with Gasteiger partial charge in [-0.05, 0) is 57.8 Å². The normalized spacial score (nSPS) is 15.5. The van der Waals surface area contributed by atoms with Crippen molar-refractivity contribution >= 4 is 19.8 Å². The van der Waals surface area contributed by atoms with Crippen LogP contribution in [0.2, 0.25) is 0 Å². The molecule has 0 saturated heterocycles. The molecule has 0 spiro atoms. The second-order valence-corrected chi connectivity index (χ2v) is 16.2. The van der Waals surface area contributed by atoms with Crippen LogP contribution >= 0.6 is 7.82 Å². The maximum Gasteiger partial charge on any atom is 0.472 e. The van der Waals surface area contributed by atoms with Gasteiger partial charge in [0.1, 0.15) is 19.8 Å². The van der Waals surface area contributed by atoms with Gasteiger partial charge in [0.05, 0.1) is 40.0 Å². The SMILES string of the molecule is CCCC/C=C\CCCCCCCC(=O)O[C@H](COC(=O)CCC[C@H](O)\C=C/C=C/C=C/[C@H](O)C/C=C\CCCCC)COP(=O)(O)OCC[N+](C)(C)C. The first-order valence-electron chi connectivity index (χ1n) is 20.2. The molecule has 12 heteroatoms. The van der Waals surface area contributed by atoms with E-state index in [1.165, 1.54) is 32.1 Å². The lowest BCUT2D eigenvalue weighted by Gasteiger charge is -2.24. The van der Waals surface area contributed by atoms with Crippen LogP contribution in [-0.2, 0) is 32.7 Å². The van der Waals surface area contributed by atoms with E-state index in [0.717, 1.165) is 44.9 Å². The number of likely N-dealkylation sites (N-methyl/N-ethyl adjacent to an activating group) is 1. The molecule has 0 bridgehead atoms. The summed E-state index contributed by atoms with van der Waals surface area (Å²) in [6, 6.07) is 0. The number of carbonyl (C=O) groups is 2. The predicted molar refractivity (Wildman–Crippen MR) is 218 cm³/mol. The molecule has 0 aromatic carbocycles. The average molecular weight is 785 g/mol. The van der Waals surface area contributed by atoms with Crippen LogP contribution < -0.4 is 0 Å². The van der Waals surface area contributed by atoms with Crippen LogP contribution in [0.4, 0.5) is 0 Å². The second-order valence-electron chi connectivity index (χ2n) is 14.7. The Labute approximate surface area is 327 Å². The van der Waals surface area contributed by atoms with Crippen molar-refractivity contribution in [2.75, 3.05) is 47.5 Å². The minimum atomic E-state index is -4.43. The number of esters is 2. The highest BCUT2D eigenvalue weighted by Crippen LogP contribution is 2.43.